The first-order valence-corrected chi connectivity index (χ1v) is 9.49. The highest BCUT2D eigenvalue weighted by Gasteiger charge is 2.46. The number of hydrogen-bond donors (Lipinski definition) is 1. The number of ether oxygens (including phenoxy) is 1. The third kappa shape index (κ3) is 3.92. The zero-order valence-corrected chi connectivity index (χ0v) is 16.7. The lowest BCUT2D eigenvalue weighted by Crippen LogP contribution is -2.31. The minimum Gasteiger partial charge on any atom is -0.507 e. The summed E-state index contributed by atoms with van der Waals surface area (Å²) in [6.45, 7) is 0.719. The summed E-state index contributed by atoms with van der Waals surface area (Å²) in [7, 11) is 1.57. The second kappa shape index (κ2) is 8.78. The van der Waals surface area contributed by atoms with Gasteiger partial charge in [0.25, 0.3) is 11.7 Å². The van der Waals surface area contributed by atoms with Gasteiger partial charge in [-0.2, -0.15) is 0 Å². The quantitative estimate of drug-likeness (QED) is 0.325. The molecule has 1 saturated heterocycles. The van der Waals surface area contributed by atoms with Crippen molar-refractivity contribution in [1.29, 1.82) is 0 Å². The number of nitrogens with zero attached hydrogens (tertiary/aromatic N) is 1. The molecular formula is C21H19Cl2NO4. The summed E-state index contributed by atoms with van der Waals surface area (Å²) in [6, 6.07) is 12.7. The standard InChI is InChI=1S/C21H19Cl2NO4/c1-28-11-5-10-24-18(15-9-8-14(22)12-16(15)23)17(20(26)21(24)27)19(25)13-6-3-2-4-7-13/h2-4,6-9,12,18,25H,5,10-11H2,1H3/t18-/m0/s1. The smallest absolute Gasteiger partial charge is 0.295 e. The Balaban J connectivity index is 2.15. The molecule has 5 nitrogen and oxygen atoms in total. The Morgan fingerprint density at radius 2 is 1.86 bits per heavy atom. The fraction of sp³-hybridized carbons (Fsp3) is 0.238. The van der Waals surface area contributed by atoms with Crippen LogP contribution in [0.2, 0.25) is 10.0 Å². The van der Waals surface area contributed by atoms with E-state index >= 15 is 0 Å². The van der Waals surface area contributed by atoms with Crippen LogP contribution < -0.4 is 0 Å². The number of carbonyl (C=O) groups is 2. The number of hydrogen-bond acceptors (Lipinski definition) is 4. The Kier molecular flexibility index (Phi) is 6.39. The van der Waals surface area contributed by atoms with Crippen molar-refractivity contribution in [3.8, 4) is 0 Å². The van der Waals surface area contributed by atoms with E-state index < -0.39 is 17.7 Å². The summed E-state index contributed by atoms with van der Waals surface area (Å²) in [4.78, 5) is 27.0. The molecule has 1 N–H and O–H groups in total. The van der Waals surface area contributed by atoms with Crippen LogP contribution in [-0.4, -0.2) is 42.0 Å². The summed E-state index contributed by atoms with van der Waals surface area (Å²) in [5.41, 5.74) is 0.991. The van der Waals surface area contributed by atoms with Gasteiger partial charge < -0.3 is 14.7 Å². The first-order chi connectivity index (χ1) is 13.5. The molecule has 2 aromatic rings. The van der Waals surface area contributed by atoms with Gasteiger partial charge in [0.05, 0.1) is 11.6 Å². The molecule has 146 valence electrons. The van der Waals surface area contributed by atoms with Crippen LogP contribution in [0.3, 0.4) is 0 Å². The van der Waals surface area contributed by atoms with Gasteiger partial charge in [-0.1, -0.05) is 59.6 Å². The minimum atomic E-state index is -0.804. The number of aliphatic hydroxyl groups is 1. The Labute approximate surface area is 173 Å². The number of halogens is 2. The highest BCUT2D eigenvalue weighted by atomic mass is 35.5. The van der Waals surface area contributed by atoms with Crippen LogP contribution in [0.15, 0.2) is 54.1 Å². The van der Waals surface area contributed by atoms with Crippen LogP contribution >= 0.6 is 23.2 Å². The number of aliphatic hydroxyl groups excluding tert-OH is 1. The van der Waals surface area contributed by atoms with Gasteiger partial charge in [-0.3, -0.25) is 9.59 Å². The summed E-state index contributed by atoms with van der Waals surface area (Å²) < 4.78 is 5.06. The van der Waals surface area contributed by atoms with E-state index in [0.29, 0.717) is 34.2 Å². The molecule has 1 amide bonds. The molecule has 3 rings (SSSR count). The van der Waals surface area contributed by atoms with Gasteiger partial charge in [-0.15, -0.1) is 0 Å². The van der Waals surface area contributed by atoms with Crippen LogP contribution in [-0.2, 0) is 14.3 Å². The number of methoxy groups -OCH3 is 1. The summed E-state index contributed by atoms with van der Waals surface area (Å²) in [5, 5.41) is 11.6. The van der Waals surface area contributed by atoms with E-state index in [1.807, 2.05) is 0 Å². The molecule has 2 aromatic carbocycles. The SMILES string of the molecule is COCCCN1C(=O)C(=O)C(=C(O)c2ccccc2)[C@@H]1c1ccc(Cl)cc1Cl. The number of amides is 1. The van der Waals surface area contributed by atoms with Gasteiger partial charge in [0.15, 0.2) is 0 Å². The van der Waals surface area contributed by atoms with Gasteiger partial charge in [0.1, 0.15) is 5.76 Å². The Morgan fingerprint density at radius 3 is 2.50 bits per heavy atom. The van der Waals surface area contributed by atoms with Crippen molar-refractivity contribution in [2.24, 2.45) is 0 Å². The van der Waals surface area contributed by atoms with Gasteiger partial charge in [-0.25, -0.2) is 0 Å². The maximum Gasteiger partial charge on any atom is 0.295 e. The van der Waals surface area contributed by atoms with Crippen LogP contribution in [0.1, 0.15) is 23.6 Å². The lowest BCUT2D eigenvalue weighted by atomic mass is 9.95. The Morgan fingerprint density at radius 1 is 1.14 bits per heavy atom. The molecular weight excluding hydrogens is 401 g/mol. The molecule has 7 heteroatoms. The average Bonchev–Trinajstić information content (AvgIpc) is 2.93. The first kappa shape index (κ1) is 20.4. The van der Waals surface area contributed by atoms with E-state index in [-0.39, 0.29) is 17.9 Å². The molecule has 0 aliphatic carbocycles. The van der Waals surface area contributed by atoms with E-state index in [1.165, 1.54) is 4.90 Å². The number of rotatable bonds is 6. The molecule has 0 saturated carbocycles. The Bertz CT molecular complexity index is 927. The second-order valence-corrected chi connectivity index (χ2v) is 7.21. The van der Waals surface area contributed by atoms with Gasteiger partial charge >= 0.3 is 0 Å². The van der Waals surface area contributed by atoms with Crippen molar-refractivity contribution in [2.75, 3.05) is 20.3 Å². The molecule has 0 aromatic heterocycles. The number of Topliss-reactive ketones (excluding diaryl/α,β-unsaturated/α-hetero) is 1. The average molecular weight is 420 g/mol. The molecule has 0 bridgehead atoms. The van der Waals surface area contributed by atoms with Crippen LogP contribution in [0.25, 0.3) is 5.76 Å². The zero-order chi connectivity index (χ0) is 20.3. The number of benzene rings is 2. The van der Waals surface area contributed by atoms with Crippen LogP contribution in [0.5, 0.6) is 0 Å². The van der Waals surface area contributed by atoms with Crippen molar-refractivity contribution in [2.45, 2.75) is 12.5 Å². The number of likely N-dealkylation sites (tertiary alicyclic amines) is 1. The third-order valence-electron chi connectivity index (χ3n) is 4.59. The Hall–Kier alpha value is -2.34. The van der Waals surface area contributed by atoms with Crippen molar-refractivity contribution >= 4 is 40.7 Å². The van der Waals surface area contributed by atoms with E-state index in [2.05, 4.69) is 0 Å². The van der Waals surface area contributed by atoms with Crippen molar-refractivity contribution in [3.05, 3.63) is 75.3 Å². The maximum atomic E-state index is 12.8. The molecule has 0 radical (unpaired) electrons. The first-order valence-electron chi connectivity index (χ1n) is 8.73. The summed E-state index contributed by atoms with van der Waals surface area (Å²) >= 11 is 12.4. The van der Waals surface area contributed by atoms with Crippen LogP contribution in [0, 0.1) is 0 Å². The highest BCUT2D eigenvalue weighted by Crippen LogP contribution is 2.42. The maximum absolute atomic E-state index is 12.8. The van der Waals surface area contributed by atoms with Crippen molar-refractivity contribution in [3.63, 3.8) is 0 Å². The van der Waals surface area contributed by atoms with Crippen LogP contribution in [0.4, 0.5) is 0 Å². The molecule has 0 spiro atoms. The lowest BCUT2D eigenvalue weighted by Gasteiger charge is -2.26. The van der Waals surface area contributed by atoms with Gasteiger partial charge in [-0.05, 0) is 24.1 Å². The molecule has 1 atom stereocenters. The molecule has 1 fully saturated rings. The normalized spacial score (nSPS) is 18.7. The van der Waals surface area contributed by atoms with E-state index in [4.69, 9.17) is 27.9 Å². The lowest BCUT2D eigenvalue weighted by molar-refractivity contribution is -0.140. The molecule has 1 aliphatic heterocycles. The largest absolute Gasteiger partial charge is 0.507 e. The van der Waals surface area contributed by atoms with Gasteiger partial charge in [0, 0.05) is 35.9 Å². The van der Waals surface area contributed by atoms with Crippen molar-refractivity contribution in [1.82, 2.24) is 4.90 Å². The molecule has 1 heterocycles. The molecule has 28 heavy (non-hydrogen) atoms. The second-order valence-electron chi connectivity index (χ2n) is 6.37. The fourth-order valence-corrected chi connectivity index (χ4v) is 3.80. The minimum absolute atomic E-state index is 0.0119. The summed E-state index contributed by atoms with van der Waals surface area (Å²) in [5.74, 6) is -1.65. The third-order valence-corrected chi connectivity index (χ3v) is 5.15. The predicted molar refractivity (Wildman–Crippen MR) is 108 cm³/mol. The van der Waals surface area contributed by atoms with E-state index in [0.717, 1.165) is 0 Å². The monoisotopic (exact) mass is 419 g/mol. The highest BCUT2D eigenvalue weighted by molar-refractivity contribution is 6.47. The molecule has 1 aliphatic rings. The number of ketones is 1. The van der Waals surface area contributed by atoms with Crippen molar-refractivity contribution < 1.29 is 19.4 Å². The molecule has 0 unspecified atom stereocenters. The summed E-state index contributed by atoms with van der Waals surface area (Å²) in [6.07, 6.45) is 0.538. The van der Waals surface area contributed by atoms with Gasteiger partial charge in [0.2, 0.25) is 0 Å². The number of carbonyl (C=O) groups excluding carboxylic acids is 2. The fourth-order valence-electron chi connectivity index (χ4n) is 3.29. The predicted octanol–water partition coefficient (Wildman–Crippen LogP) is 4.45. The zero-order valence-electron chi connectivity index (χ0n) is 15.2. The topological polar surface area (TPSA) is 66.8 Å². The van der Waals surface area contributed by atoms with E-state index in [9.17, 15) is 14.7 Å². The van der Waals surface area contributed by atoms with E-state index in [1.54, 1.807) is 55.6 Å².